The lowest BCUT2D eigenvalue weighted by Crippen LogP contribution is -2.19. The van der Waals surface area contributed by atoms with Gasteiger partial charge in [-0.2, -0.15) is 5.10 Å². The first-order chi connectivity index (χ1) is 8.24. The Morgan fingerprint density at radius 1 is 1.29 bits per heavy atom. The zero-order valence-electron chi connectivity index (χ0n) is 9.86. The minimum atomic E-state index is -0.194. The first-order valence-corrected chi connectivity index (χ1v) is 5.68. The molecule has 1 heterocycles. The molecular weight excluding hydrogens is 217 g/mol. The van der Waals surface area contributed by atoms with E-state index >= 15 is 0 Å². The van der Waals surface area contributed by atoms with E-state index in [0.717, 1.165) is 25.2 Å². The molecule has 2 rings (SSSR count). The number of aryl methyl sites for hydroxylation is 1. The number of nitrogens with one attached hydrogen (secondary N) is 1. The second-order valence-corrected chi connectivity index (χ2v) is 4.08. The summed E-state index contributed by atoms with van der Waals surface area (Å²) < 4.78 is 14.6. The standard InChI is InChI=1S/C13H16FN3/c1-11-8-16-17(10-11)7-6-15-9-12-2-4-13(14)5-3-12/h2-5,8,10,15H,6-7,9H2,1H3. The first kappa shape index (κ1) is 11.8. The van der Waals surface area contributed by atoms with Crippen LogP contribution in [0.1, 0.15) is 11.1 Å². The van der Waals surface area contributed by atoms with Crippen LogP contribution in [0.25, 0.3) is 0 Å². The van der Waals surface area contributed by atoms with Crippen LogP contribution in [-0.4, -0.2) is 16.3 Å². The van der Waals surface area contributed by atoms with Crippen molar-refractivity contribution in [3.63, 3.8) is 0 Å². The van der Waals surface area contributed by atoms with Crippen LogP contribution in [0, 0.1) is 12.7 Å². The Morgan fingerprint density at radius 3 is 2.71 bits per heavy atom. The molecule has 0 aliphatic rings. The Balaban J connectivity index is 1.71. The minimum Gasteiger partial charge on any atom is -0.311 e. The summed E-state index contributed by atoms with van der Waals surface area (Å²) in [6.45, 7) is 4.46. The predicted molar refractivity (Wildman–Crippen MR) is 65.1 cm³/mol. The average molecular weight is 233 g/mol. The molecule has 0 amide bonds. The lowest BCUT2D eigenvalue weighted by atomic mass is 10.2. The van der Waals surface area contributed by atoms with Crippen LogP contribution >= 0.6 is 0 Å². The average Bonchev–Trinajstić information content (AvgIpc) is 2.73. The Kier molecular flexibility index (Phi) is 3.88. The number of nitrogens with zero attached hydrogens (tertiary/aromatic N) is 2. The van der Waals surface area contributed by atoms with Crippen molar-refractivity contribution in [2.45, 2.75) is 20.0 Å². The van der Waals surface area contributed by atoms with Crippen molar-refractivity contribution in [3.05, 3.63) is 53.6 Å². The SMILES string of the molecule is Cc1cnn(CCNCc2ccc(F)cc2)c1. The molecule has 4 heteroatoms. The lowest BCUT2D eigenvalue weighted by Gasteiger charge is -2.05. The zero-order valence-corrected chi connectivity index (χ0v) is 9.86. The van der Waals surface area contributed by atoms with Crippen LogP contribution in [0.5, 0.6) is 0 Å². The van der Waals surface area contributed by atoms with Crippen molar-refractivity contribution in [2.24, 2.45) is 0 Å². The van der Waals surface area contributed by atoms with Gasteiger partial charge in [0.25, 0.3) is 0 Å². The molecule has 0 atom stereocenters. The van der Waals surface area contributed by atoms with Crippen LogP contribution in [0.15, 0.2) is 36.7 Å². The maximum atomic E-state index is 12.7. The molecule has 0 saturated heterocycles. The van der Waals surface area contributed by atoms with E-state index in [1.54, 1.807) is 12.1 Å². The summed E-state index contributed by atoms with van der Waals surface area (Å²) in [5.74, 6) is -0.194. The van der Waals surface area contributed by atoms with Crippen molar-refractivity contribution in [3.8, 4) is 0 Å². The molecule has 0 bridgehead atoms. The van der Waals surface area contributed by atoms with Gasteiger partial charge < -0.3 is 5.32 Å². The fourth-order valence-electron chi connectivity index (χ4n) is 1.62. The second-order valence-electron chi connectivity index (χ2n) is 4.08. The van der Waals surface area contributed by atoms with Crippen LogP contribution in [0.3, 0.4) is 0 Å². The van der Waals surface area contributed by atoms with E-state index in [9.17, 15) is 4.39 Å². The Bertz CT molecular complexity index is 462. The van der Waals surface area contributed by atoms with Crippen LogP contribution in [0.2, 0.25) is 0 Å². The van der Waals surface area contributed by atoms with Gasteiger partial charge in [0.05, 0.1) is 12.7 Å². The molecule has 1 N–H and O–H groups in total. The summed E-state index contributed by atoms with van der Waals surface area (Å²) in [7, 11) is 0. The van der Waals surface area contributed by atoms with E-state index in [2.05, 4.69) is 10.4 Å². The molecule has 0 saturated carbocycles. The molecule has 0 unspecified atom stereocenters. The molecule has 3 nitrogen and oxygen atoms in total. The van der Waals surface area contributed by atoms with E-state index in [1.165, 1.54) is 17.7 Å². The van der Waals surface area contributed by atoms with Crippen molar-refractivity contribution < 1.29 is 4.39 Å². The quantitative estimate of drug-likeness (QED) is 0.802. The van der Waals surface area contributed by atoms with Gasteiger partial charge in [0.15, 0.2) is 0 Å². The molecule has 90 valence electrons. The Hall–Kier alpha value is -1.68. The third-order valence-electron chi connectivity index (χ3n) is 2.52. The van der Waals surface area contributed by atoms with Gasteiger partial charge in [-0.05, 0) is 30.2 Å². The van der Waals surface area contributed by atoms with Gasteiger partial charge in [-0.1, -0.05) is 12.1 Å². The van der Waals surface area contributed by atoms with Gasteiger partial charge >= 0.3 is 0 Å². The summed E-state index contributed by atoms with van der Waals surface area (Å²) in [5.41, 5.74) is 2.26. The summed E-state index contributed by atoms with van der Waals surface area (Å²) >= 11 is 0. The van der Waals surface area contributed by atoms with E-state index in [4.69, 9.17) is 0 Å². The number of hydrogen-bond acceptors (Lipinski definition) is 2. The molecule has 0 aliphatic carbocycles. The van der Waals surface area contributed by atoms with Gasteiger partial charge in [0, 0.05) is 19.3 Å². The van der Waals surface area contributed by atoms with Crippen LogP contribution in [-0.2, 0) is 13.1 Å². The van der Waals surface area contributed by atoms with E-state index in [-0.39, 0.29) is 5.82 Å². The van der Waals surface area contributed by atoms with Gasteiger partial charge in [0.2, 0.25) is 0 Å². The van der Waals surface area contributed by atoms with Crippen molar-refractivity contribution in [1.82, 2.24) is 15.1 Å². The molecule has 1 aromatic carbocycles. The number of rotatable bonds is 5. The summed E-state index contributed by atoms with van der Waals surface area (Å²) in [4.78, 5) is 0. The van der Waals surface area contributed by atoms with Gasteiger partial charge in [-0.3, -0.25) is 4.68 Å². The van der Waals surface area contributed by atoms with Crippen molar-refractivity contribution >= 4 is 0 Å². The zero-order chi connectivity index (χ0) is 12.1. The largest absolute Gasteiger partial charge is 0.311 e. The molecule has 1 aromatic heterocycles. The van der Waals surface area contributed by atoms with E-state index < -0.39 is 0 Å². The monoisotopic (exact) mass is 233 g/mol. The van der Waals surface area contributed by atoms with Crippen LogP contribution < -0.4 is 5.32 Å². The van der Waals surface area contributed by atoms with Gasteiger partial charge in [0.1, 0.15) is 5.82 Å². The number of aromatic nitrogens is 2. The normalized spacial score (nSPS) is 10.7. The summed E-state index contributed by atoms with van der Waals surface area (Å²) in [6, 6.07) is 6.54. The lowest BCUT2D eigenvalue weighted by molar-refractivity contribution is 0.554. The van der Waals surface area contributed by atoms with Gasteiger partial charge in [-0.25, -0.2) is 4.39 Å². The molecule has 17 heavy (non-hydrogen) atoms. The Morgan fingerprint density at radius 2 is 2.06 bits per heavy atom. The molecular formula is C13H16FN3. The third-order valence-corrected chi connectivity index (χ3v) is 2.52. The molecule has 2 aromatic rings. The predicted octanol–water partition coefficient (Wildman–Crippen LogP) is 2.12. The Labute approximate surface area is 100 Å². The fourth-order valence-corrected chi connectivity index (χ4v) is 1.62. The topological polar surface area (TPSA) is 29.9 Å². The highest BCUT2D eigenvalue weighted by atomic mass is 19.1. The minimum absolute atomic E-state index is 0.194. The maximum Gasteiger partial charge on any atom is 0.123 e. The van der Waals surface area contributed by atoms with E-state index in [0.29, 0.717) is 0 Å². The molecule has 0 spiro atoms. The highest BCUT2D eigenvalue weighted by Crippen LogP contribution is 2.01. The number of benzene rings is 1. The molecule has 0 radical (unpaired) electrons. The van der Waals surface area contributed by atoms with Crippen molar-refractivity contribution in [2.75, 3.05) is 6.54 Å². The summed E-state index contributed by atoms with van der Waals surface area (Å²) in [5, 5.41) is 7.49. The highest BCUT2D eigenvalue weighted by molar-refractivity contribution is 5.15. The number of hydrogen-bond donors (Lipinski definition) is 1. The molecule has 0 fully saturated rings. The highest BCUT2D eigenvalue weighted by Gasteiger charge is 1.95. The first-order valence-electron chi connectivity index (χ1n) is 5.68. The number of halogens is 1. The second kappa shape index (κ2) is 5.59. The fraction of sp³-hybridized carbons (Fsp3) is 0.308. The van der Waals surface area contributed by atoms with Gasteiger partial charge in [-0.15, -0.1) is 0 Å². The third kappa shape index (κ3) is 3.67. The van der Waals surface area contributed by atoms with Crippen LogP contribution in [0.4, 0.5) is 4.39 Å². The maximum absolute atomic E-state index is 12.7. The van der Waals surface area contributed by atoms with Crippen molar-refractivity contribution in [1.29, 1.82) is 0 Å². The molecule has 0 aliphatic heterocycles. The summed E-state index contributed by atoms with van der Waals surface area (Å²) in [6.07, 6.45) is 3.86. The smallest absolute Gasteiger partial charge is 0.123 e. The van der Waals surface area contributed by atoms with E-state index in [1.807, 2.05) is 24.0 Å².